The minimum atomic E-state index is -3.87. The molecule has 3 rings (SSSR count). The molecule has 0 unspecified atom stereocenters. The predicted molar refractivity (Wildman–Crippen MR) is 81.0 cm³/mol. The highest BCUT2D eigenvalue weighted by molar-refractivity contribution is 7.92. The maximum Gasteiger partial charge on any atom is 0.335 e. The molecule has 2 heterocycles. The van der Waals surface area contributed by atoms with Gasteiger partial charge in [0.15, 0.2) is 0 Å². The monoisotopic (exact) mass is 337 g/mol. The number of carboxylic acids is 1. The highest BCUT2D eigenvalue weighted by Gasteiger charge is 2.31. The summed E-state index contributed by atoms with van der Waals surface area (Å²) in [6.45, 7) is 2.22. The fourth-order valence-electron chi connectivity index (χ4n) is 2.43. The first kappa shape index (κ1) is 15.6. The zero-order valence-corrected chi connectivity index (χ0v) is 13.2. The lowest BCUT2D eigenvalue weighted by atomic mass is 10.1. The largest absolute Gasteiger partial charge is 0.478 e. The first-order valence-corrected chi connectivity index (χ1v) is 8.35. The summed E-state index contributed by atoms with van der Waals surface area (Å²) in [7, 11) is -3.87. The number of hydrogen-bond donors (Lipinski definition) is 1. The van der Waals surface area contributed by atoms with E-state index in [1.807, 2.05) is 0 Å². The minimum Gasteiger partial charge on any atom is -0.478 e. The number of hydrogen-bond acceptors (Lipinski definition) is 5. The lowest BCUT2D eigenvalue weighted by molar-refractivity contribution is 0.0696. The maximum atomic E-state index is 12.8. The van der Waals surface area contributed by atoms with Gasteiger partial charge in [0.1, 0.15) is 0 Å². The van der Waals surface area contributed by atoms with Crippen LogP contribution in [0, 0.1) is 6.92 Å². The molecule has 0 amide bonds. The van der Waals surface area contributed by atoms with Crippen LogP contribution in [0.15, 0.2) is 40.0 Å². The van der Waals surface area contributed by atoms with Crippen molar-refractivity contribution < 1.29 is 27.5 Å². The van der Waals surface area contributed by atoms with Gasteiger partial charge in [0.25, 0.3) is 10.0 Å². The SMILES string of the molecule is Cc1coc(S(=O)(=O)N2CCOCc3cc(C(=O)O)ccc32)c1. The molecule has 0 fully saturated rings. The van der Waals surface area contributed by atoms with E-state index in [9.17, 15) is 13.2 Å². The van der Waals surface area contributed by atoms with Gasteiger partial charge >= 0.3 is 5.97 Å². The van der Waals surface area contributed by atoms with E-state index in [1.54, 1.807) is 6.92 Å². The Kier molecular flexibility index (Phi) is 3.87. The maximum absolute atomic E-state index is 12.8. The van der Waals surface area contributed by atoms with Crippen molar-refractivity contribution in [2.24, 2.45) is 0 Å². The fraction of sp³-hybridized carbons (Fsp3) is 0.267. The molecule has 0 spiro atoms. The van der Waals surface area contributed by atoms with Crippen molar-refractivity contribution >= 4 is 21.7 Å². The number of anilines is 1. The molecule has 1 aromatic carbocycles. The molecule has 23 heavy (non-hydrogen) atoms. The van der Waals surface area contributed by atoms with Gasteiger partial charge in [-0.2, -0.15) is 8.42 Å². The van der Waals surface area contributed by atoms with E-state index in [0.29, 0.717) is 16.8 Å². The van der Waals surface area contributed by atoms with Gasteiger partial charge in [0, 0.05) is 11.6 Å². The Labute approximate surface area is 133 Å². The Morgan fingerprint density at radius 3 is 2.74 bits per heavy atom. The van der Waals surface area contributed by atoms with E-state index in [1.165, 1.54) is 34.8 Å². The molecule has 7 nitrogen and oxygen atoms in total. The van der Waals surface area contributed by atoms with Crippen LogP contribution in [0.1, 0.15) is 21.5 Å². The van der Waals surface area contributed by atoms with Crippen molar-refractivity contribution in [2.45, 2.75) is 18.6 Å². The van der Waals surface area contributed by atoms with E-state index in [2.05, 4.69) is 0 Å². The Hall–Kier alpha value is -2.32. The average Bonchev–Trinajstić information content (AvgIpc) is 2.83. The molecule has 1 aliphatic rings. The normalized spacial score (nSPS) is 15.1. The van der Waals surface area contributed by atoms with Crippen LogP contribution < -0.4 is 4.31 Å². The zero-order chi connectivity index (χ0) is 16.6. The summed E-state index contributed by atoms with van der Waals surface area (Å²) in [5, 5.41) is 8.93. The van der Waals surface area contributed by atoms with Gasteiger partial charge in [-0.15, -0.1) is 0 Å². The summed E-state index contributed by atoms with van der Waals surface area (Å²) < 4.78 is 37.3. The van der Waals surface area contributed by atoms with Gasteiger partial charge in [0.05, 0.1) is 37.3 Å². The van der Waals surface area contributed by atoms with Crippen LogP contribution in [0.3, 0.4) is 0 Å². The number of carbonyl (C=O) groups is 1. The molecule has 2 aromatic rings. The van der Waals surface area contributed by atoms with Gasteiger partial charge in [-0.3, -0.25) is 4.31 Å². The van der Waals surface area contributed by atoms with E-state index in [4.69, 9.17) is 14.3 Å². The van der Waals surface area contributed by atoms with Gasteiger partial charge in [0.2, 0.25) is 5.09 Å². The molecular formula is C15H15NO6S. The van der Waals surface area contributed by atoms with Crippen molar-refractivity contribution in [3.05, 3.63) is 47.2 Å². The molecule has 0 bridgehead atoms. The van der Waals surface area contributed by atoms with Gasteiger partial charge < -0.3 is 14.3 Å². The van der Waals surface area contributed by atoms with Crippen molar-refractivity contribution in [3.63, 3.8) is 0 Å². The molecule has 0 atom stereocenters. The molecule has 1 N–H and O–H groups in total. The number of benzene rings is 1. The summed E-state index contributed by atoms with van der Waals surface area (Å²) in [6, 6.07) is 5.74. The van der Waals surface area contributed by atoms with Crippen LogP contribution in [0.2, 0.25) is 0 Å². The highest BCUT2D eigenvalue weighted by atomic mass is 32.2. The number of carboxylic acid groups (broad SMARTS) is 1. The molecule has 1 aliphatic heterocycles. The highest BCUT2D eigenvalue weighted by Crippen LogP contribution is 2.31. The number of rotatable bonds is 3. The molecule has 122 valence electrons. The number of nitrogens with zero attached hydrogens (tertiary/aromatic N) is 1. The summed E-state index contributed by atoms with van der Waals surface area (Å²) in [6.07, 6.45) is 1.37. The Bertz CT molecular complexity index is 855. The number of sulfonamides is 1. The van der Waals surface area contributed by atoms with Crippen LogP contribution in [0.5, 0.6) is 0 Å². The lowest BCUT2D eigenvalue weighted by Gasteiger charge is -2.22. The summed E-state index contributed by atoms with van der Waals surface area (Å²) in [5.41, 5.74) is 1.70. The van der Waals surface area contributed by atoms with Crippen LogP contribution in [0.4, 0.5) is 5.69 Å². The zero-order valence-electron chi connectivity index (χ0n) is 12.4. The first-order valence-electron chi connectivity index (χ1n) is 6.91. The van der Waals surface area contributed by atoms with Crippen molar-refractivity contribution in [3.8, 4) is 0 Å². The molecule has 0 saturated heterocycles. The standard InChI is InChI=1S/C15H15NO6S/c1-10-6-14(22-8-10)23(19,20)16-4-5-21-9-12-7-11(15(17)18)2-3-13(12)16/h2-3,6-8H,4-5,9H2,1H3,(H,17,18). The van der Waals surface area contributed by atoms with Gasteiger partial charge in [-0.25, -0.2) is 4.79 Å². The van der Waals surface area contributed by atoms with Crippen LogP contribution >= 0.6 is 0 Å². The molecule has 0 aliphatic carbocycles. The fourth-order valence-corrected chi connectivity index (χ4v) is 3.90. The van der Waals surface area contributed by atoms with E-state index < -0.39 is 16.0 Å². The first-order chi connectivity index (χ1) is 10.9. The second kappa shape index (κ2) is 5.71. The summed E-state index contributed by atoms with van der Waals surface area (Å²) in [4.78, 5) is 11.1. The summed E-state index contributed by atoms with van der Waals surface area (Å²) in [5.74, 6) is -1.08. The van der Waals surface area contributed by atoms with E-state index in [-0.39, 0.29) is 30.4 Å². The minimum absolute atomic E-state index is 0.0837. The number of ether oxygens (including phenoxy) is 1. The predicted octanol–water partition coefficient (Wildman–Crippen LogP) is 2.01. The summed E-state index contributed by atoms with van der Waals surface area (Å²) >= 11 is 0. The van der Waals surface area contributed by atoms with Crippen LogP contribution in [-0.2, 0) is 21.4 Å². The van der Waals surface area contributed by atoms with Gasteiger partial charge in [-0.05, 0) is 30.7 Å². The van der Waals surface area contributed by atoms with E-state index >= 15 is 0 Å². The van der Waals surface area contributed by atoms with Crippen LogP contribution in [0.25, 0.3) is 0 Å². The van der Waals surface area contributed by atoms with Crippen molar-refractivity contribution in [2.75, 3.05) is 17.5 Å². The van der Waals surface area contributed by atoms with E-state index in [0.717, 1.165) is 0 Å². The number of fused-ring (bicyclic) bond motifs is 1. The second-order valence-corrected chi connectivity index (χ2v) is 7.01. The topological polar surface area (TPSA) is 97.0 Å². The average molecular weight is 337 g/mol. The smallest absolute Gasteiger partial charge is 0.335 e. The second-order valence-electron chi connectivity index (χ2n) is 5.22. The quantitative estimate of drug-likeness (QED) is 0.920. The Morgan fingerprint density at radius 1 is 1.30 bits per heavy atom. The van der Waals surface area contributed by atoms with Gasteiger partial charge in [-0.1, -0.05) is 0 Å². The Balaban J connectivity index is 2.09. The Morgan fingerprint density at radius 2 is 2.09 bits per heavy atom. The van der Waals surface area contributed by atoms with Crippen molar-refractivity contribution in [1.82, 2.24) is 0 Å². The molecular weight excluding hydrogens is 322 g/mol. The van der Waals surface area contributed by atoms with Crippen LogP contribution in [-0.4, -0.2) is 32.6 Å². The molecule has 0 radical (unpaired) electrons. The molecule has 0 saturated carbocycles. The van der Waals surface area contributed by atoms with Crippen molar-refractivity contribution in [1.29, 1.82) is 0 Å². The molecule has 1 aromatic heterocycles. The number of aromatic carboxylic acids is 1. The number of furan rings is 1. The molecule has 8 heteroatoms. The third-order valence-corrected chi connectivity index (χ3v) is 5.22. The lowest BCUT2D eigenvalue weighted by Crippen LogP contribution is -2.33. The third-order valence-electron chi connectivity index (χ3n) is 3.54. The third kappa shape index (κ3) is 2.82. The number of aryl methyl sites for hydroxylation is 1.